The van der Waals surface area contributed by atoms with Gasteiger partial charge in [-0.25, -0.2) is 4.98 Å². The number of anilines is 1. The Hall–Kier alpha value is -1.68. The van der Waals surface area contributed by atoms with E-state index in [0.29, 0.717) is 5.01 Å². The van der Waals surface area contributed by atoms with Crippen molar-refractivity contribution in [3.8, 4) is 0 Å². The number of amides is 1. The van der Waals surface area contributed by atoms with Crippen molar-refractivity contribution in [2.75, 3.05) is 5.32 Å². The van der Waals surface area contributed by atoms with Gasteiger partial charge in [0.2, 0.25) is 0 Å². The lowest BCUT2D eigenvalue weighted by Gasteiger charge is -2.03. The summed E-state index contributed by atoms with van der Waals surface area (Å²) in [5, 5.41) is 3.36. The Morgan fingerprint density at radius 1 is 1.29 bits per heavy atom. The van der Waals surface area contributed by atoms with Crippen molar-refractivity contribution in [2.45, 2.75) is 20.8 Å². The normalized spacial score (nSPS) is 10.3. The van der Waals surface area contributed by atoms with Gasteiger partial charge >= 0.3 is 0 Å². The maximum atomic E-state index is 11.9. The molecule has 0 unspecified atom stereocenters. The van der Waals surface area contributed by atoms with Crippen LogP contribution in [0.2, 0.25) is 0 Å². The number of carbonyl (C=O) groups excluding carboxylic acids is 1. The zero-order valence-corrected chi connectivity index (χ0v) is 10.9. The lowest BCUT2D eigenvalue weighted by Crippen LogP contribution is -2.11. The second-order valence-corrected chi connectivity index (χ2v) is 5.19. The van der Waals surface area contributed by atoms with Crippen LogP contribution >= 0.6 is 11.3 Å². The molecule has 1 N–H and O–H groups in total. The molecular weight excluding hydrogens is 232 g/mol. The van der Waals surface area contributed by atoms with E-state index in [1.807, 2.05) is 45.0 Å². The molecule has 0 saturated carbocycles. The van der Waals surface area contributed by atoms with Crippen molar-refractivity contribution in [3.63, 3.8) is 0 Å². The highest BCUT2D eigenvalue weighted by molar-refractivity contribution is 7.13. The molecule has 1 heterocycles. The van der Waals surface area contributed by atoms with Gasteiger partial charge < -0.3 is 5.32 Å². The SMILES string of the molecule is Cc1cccc(NC(=O)c2nc(C)c(C)s2)c1. The molecule has 0 bridgehead atoms. The van der Waals surface area contributed by atoms with Crippen LogP contribution in [0.15, 0.2) is 24.3 Å². The van der Waals surface area contributed by atoms with Crippen molar-refractivity contribution in [3.05, 3.63) is 45.4 Å². The van der Waals surface area contributed by atoms with Crippen LogP contribution in [0.1, 0.15) is 25.9 Å². The Balaban J connectivity index is 2.17. The molecular formula is C13H14N2OS. The van der Waals surface area contributed by atoms with Crippen molar-refractivity contribution >= 4 is 22.9 Å². The molecule has 1 aromatic heterocycles. The molecule has 0 atom stereocenters. The average molecular weight is 246 g/mol. The molecule has 2 rings (SSSR count). The maximum absolute atomic E-state index is 11.9. The fourth-order valence-corrected chi connectivity index (χ4v) is 2.29. The summed E-state index contributed by atoms with van der Waals surface area (Å²) < 4.78 is 0. The first kappa shape index (κ1) is 11.8. The van der Waals surface area contributed by atoms with Gasteiger partial charge in [-0.05, 0) is 38.5 Å². The predicted octanol–water partition coefficient (Wildman–Crippen LogP) is 3.32. The Morgan fingerprint density at radius 3 is 2.65 bits per heavy atom. The third-order valence-electron chi connectivity index (χ3n) is 2.50. The first-order valence-electron chi connectivity index (χ1n) is 5.38. The van der Waals surface area contributed by atoms with Gasteiger partial charge in [0.25, 0.3) is 5.91 Å². The number of hydrogen-bond acceptors (Lipinski definition) is 3. The van der Waals surface area contributed by atoms with Crippen LogP contribution < -0.4 is 5.32 Å². The van der Waals surface area contributed by atoms with E-state index in [9.17, 15) is 4.79 Å². The van der Waals surface area contributed by atoms with E-state index in [-0.39, 0.29) is 5.91 Å². The summed E-state index contributed by atoms with van der Waals surface area (Å²) in [6.07, 6.45) is 0. The zero-order valence-electron chi connectivity index (χ0n) is 10.1. The molecule has 0 aliphatic heterocycles. The first-order chi connectivity index (χ1) is 8.06. The van der Waals surface area contributed by atoms with Crippen LogP contribution in [0, 0.1) is 20.8 Å². The van der Waals surface area contributed by atoms with E-state index in [0.717, 1.165) is 21.8 Å². The number of benzene rings is 1. The second kappa shape index (κ2) is 4.67. The quantitative estimate of drug-likeness (QED) is 0.883. The summed E-state index contributed by atoms with van der Waals surface area (Å²) >= 11 is 1.42. The fourth-order valence-electron chi connectivity index (χ4n) is 1.48. The van der Waals surface area contributed by atoms with Crippen molar-refractivity contribution in [1.82, 2.24) is 4.98 Å². The smallest absolute Gasteiger partial charge is 0.284 e. The van der Waals surface area contributed by atoms with Crippen LogP contribution in [0.5, 0.6) is 0 Å². The minimum Gasteiger partial charge on any atom is -0.320 e. The molecule has 0 fully saturated rings. The van der Waals surface area contributed by atoms with Gasteiger partial charge in [0.1, 0.15) is 0 Å². The predicted molar refractivity (Wildman–Crippen MR) is 70.7 cm³/mol. The Kier molecular flexibility index (Phi) is 3.24. The van der Waals surface area contributed by atoms with E-state index in [1.165, 1.54) is 11.3 Å². The minimum atomic E-state index is -0.142. The Morgan fingerprint density at radius 2 is 2.06 bits per heavy atom. The van der Waals surface area contributed by atoms with Crippen LogP contribution in [0.3, 0.4) is 0 Å². The highest BCUT2D eigenvalue weighted by Crippen LogP contribution is 2.18. The van der Waals surface area contributed by atoms with Crippen molar-refractivity contribution in [2.24, 2.45) is 0 Å². The van der Waals surface area contributed by atoms with Gasteiger partial charge in [-0.15, -0.1) is 11.3 Å². The zero-order chi connectivity index (χ0) is 12.4. The number of aryl methyl sites for hydroxylation is 3. The van der Waals surface area contributed by atoms with Crippen molar-refractivity contribution < 1.29 is 4.79 Å². The van der Waals surface area contributed by atoms with Gasteiger partial charge in [0.15, 0.2) is 5.01 Å². The standard InChI is InChI=1S/C13H14N2OS/c1-8-5-4-6-11(7-8)15-12(16)13-14-9(2)10(3)17-13/h4-7H,1-3H3,(H,15,16). The maximum Gasteiger partial charge on any atom is 0.284 e. The summed E-state index contributed by atoms with van der Waals surface area (Å²) in [5.41, 5.74) is 2.85. The van der Waals surface area contributed by atoms with Crippen molar-refractivity contribution in [1.29, 1.82) is 0 Å². The molecule has 0 aliphatic carbocycles. The third-order valence-corrected chi connectivity index (χ3v) is 3.57. The van der Waals surface area contributed by atoms with Crippen LogP contribution in [-0.2, 0) is 0 Å². The Bertz CT molecular complexity index is 541. The van der Waals surface area contributed by atoms with Gasteiger partial charge in [0.05, 0.1) is 5.69 Å². The number of aromatic nitrogens is 1. The topological polar surface area (TPSA) is 42.0 Å². The molecule has 1 amide bonds. The van der Waals surface area contributed by atoms with Crippen LogP contribution in [0.25, 0.3) is 0 Å². The van der Waals surface area contributed by atoms with Gasteiger partial charge in [-0.3, -0.25) is 4.79 Å². The molecule has 1 aromatic carbocycles. The highest BCUT2D eigenvalue weighted by atomic mass is 32.1. The van der Waals surface area contributed by atoms with Gasteiger partial charge in [-0.1, -0.05) is 12.1 Å². The summed E-state index contributed by atoms with van der Waals surface area (Å²) in [6.45, 7) is 5.87. The molecule has 88 valence electrons. The summed E-state index contributed by atoms with van der Waals surface area (Å²) in [7, 11) is 0. The molecule has 2 aromatic rings. The number of rotatable bonds is 2. The van der Waals surface area contributed by atoms with E-state index < -0.39 is 0 Å². The number of nitrogens with zero attached hydrogens (tertiary/aromatic N) is 1. The third kappa shape index (κ3) is 2.71. The largest absolute Gasteiger partial charge is 0.320 e. The van der Waals surface area contributed by atoms with E-state index in [2.05, 4.69) is 10.3 Å². The Labute approximate surface area is 105 Å². The molecule has 4 heteroatoms. The first-order valence-corrected chi connectivity index (χ1v) is 6.20. The van der Waals surface area contributed by atoms with E-state index in [4.69, 9.17) is 0 Å². The molecule has 0 radical (unpaired) electrons. The monoisotopic (exact) mass is 246 g/mol. The second-order valence-electron chi connectivity index (χ2n) is 3.98. The van der Waals surface area contributed by atoms with E-state index in [1.54, 1.807) is 0 Å². The van der Waals surface area contributed by atoms with Crippen LogP contribution in [-0.4, -0.2) is 10.9 Å². The average Bonchev–Trinajstić information content (AvgIpc) is 2.59. The summed E-state index contributed by atoms with van der Waals surface area (Å²) in [5.74, 6) is -0.142. The number of hydrogen-bond donors (Lipinski definition) is 1. The molecule has 0 aliphatic rings. The summed E-state index contributed by atoms with van der Waals surface area (Å²) in [6, 6.07) is 7.72. The van der Waals surface area contributed by atoms with Gasteiger partial charge in [0, 0.05) is 10.6 Å². The molecule has 0 spiro atoms. The summed E-state index contributed by atoms with van der Waals surface area (Å²) in [4.78, 5) is 17.2. The molecule has 3 nitrogen and oxygen atoms in total. The van der Waals surface area contributed by atoms with E-state index >= 15 is 0 Å². The molecule has 0 saturated heterocycles. The number of thiazole rings is 1. The molecule has 17 heavy (non-hydrogen) atoms. The lowest BCUT2D eigenvalue weighted by atomic mass is 10.2. The highest BCUT2D eigenvalue weighted by Gasteiger charge is 2.12. The number of nitrogens with one attached hydrogen (secondary N) is 1. The van der Waals surface area contributed by atoms with Crippen LogP contribution in [0.4, 0.5) is 5.69 Å². The fraction of sp³-hybridized carbons (Fsp3) is 0.231. The minimum absolute atomic E-state index is 0.142. The number of carbonyl (C=O) groups is 1. The lowest BCUT2D eigenvalue weighted by molar-refractivity contribution is 0.102. The van der Waals surface area contributed by atoms with Gasteiger partial charge in [-0.2, -0.15) is 0 Å².